The van der Waals surface area contributed by atoms with Crippen molar-refractivity contribution in [1.29, 1.82) is 0 Å². The van der Waals surface area contributed by atoms with E-state index in [4.69, 9.17) is 0 Å². The Morgan fingerprint density at radius 3 is 2.68 bits per heavy atom. The second-order valence-corrected chi connectivity index (χ2v) is 8.71. The third-order valence-electron chi connectivity index (χ3n) is 2.82. The minimum Gasteiger partial charge on any atom is -0.308 e. The van der Waals surface area contributed by atoms with E-state index in [2.05, 4.69) is 75.9 Å². The lowest BCUT2D eigenvalue weighted by Gasteiger charge is -2.18. The van der Waals surface area contributed by atoms with E-state index < -0.39 is 0 Å². The third kappa shape index (κ3) is 3.32. The largest absolute Gasteiger partial charge is 0.308 e. The maximum absolute atomic E-state index is 4.44. The maximum atomic E-state index is 4.44. The molecule has 0 aromatic carbocycles. The average molecular weight is 472 g/mol. The molecule has 19 heavy (non-hydrogen) atoms. The maximum Gasteiger partial charge on any atom is 0.0777 e. The summed E-state index contributed by atoms with van der Waals surface area (Å²) in [6.07, 6.45) is 2.93. The molecular formula is C12H14Br3N3S. The molecule has 0 aliphatic heterocycles. The van der Waals surface area contributed by atoms with E-state index in [1.807, 2.05) is 13.2 Å². The third-order valence-corrected chi connectivity index (χ3v) is 5.82. The van der Waals surface area contributed by atoms with Gasteiger partial charge in [0.2, 0.25) is 0 Å². The van der Waals surface area contributed by atoms with E-state index in [0.29, 0.717) is 0 Å². The summed E-state index contributed by atoms with van der Waals surface area (Å²) < 4.78 is 5.35. The standard InChI is InChI=1S/C12H14Br3N3S/c1-3-4-18-11(8(13)6-17-18)10(16-2)7-5-9(14)19-12(7)15/h5-6,10,16H,3-4H2,1-2H3. The van der Waals surface area contributed by atoms with Crippen LogP contribution in [0.4, 0.5) is 0 Å². The van der Waals surface area contributed by atoms with Crippen molar-refractivity contribution in [3.8, 4) is 0 Å². The van der Waals surface area contributed by atoms with E-state index >= 15 is 0 Å². The summed E-state index contributed by atoms with van der Waals surface area (Å²) in [7, 11) is 1.97. The van der Waals surface area contributed by atoms with Crippen molar-refractivity contribution in [2.75, 3.05) is 7.05 Å². The van der Waals surface area contributed by atoms with Crippen LogP contribution in [0.3, 0.4) is 0 Å². The molecule has 2 aromatic rings. The predicted octanol–water partition coefficient (Wildman–Crippen LogP) is 4.95. The number of aryl methyl sites for hydroxylation is 1. The van der Waals surface area contributed by atoms with Crippen LogP contribution < -0.4 is 5.32 Å². The van der Waals surface area contributed by atoms with E-state index in [9.17, 15) is 0 Å². The summed E-state index contributed by atoms with van der Waals surface area (Å²) in [6, 6.07) is 2.26. The summed E-state index contributed by atoms with van der Waals surface area (Å²) >= 11 is 12.5. The molecule has 0 aliphatic rings. The Hall–Kier alpha value is 0.310. The molecule has 0 saturated heterocycles. The highest BCUT2D eigenvalue weighted by Crippen LogP contribution is 2.39. The van der Waals surface area contributed by atoms with E-state index in [1.165, 1.54) is 5.56 Å². The van der Waals surface area contributed by atoms with Gasteiger partial charge in [-0.1, -0.05) is 6.92 Å². The van der Waals surface area contributed by atoms with E-state index in [1.54, 1.807) is 11.3 Å². The molecule has 0 saturated carbocycles. The lowest BCUT2D eigenvalue weighted by Crippen LogP contribution is -2.22. The molecule has 2 aromatic heterocycles. The SMILES string of the molecule is CCCn1ncc(Br)c1C(NC)c1cc(Br)sc1Br. The van der Waals surface area contributed by atoms with Gasteiger partial charge in [-0.05, 0) is 67.3 Å². The molecule has 0 fully saturated rings. The van der Waals surface area contributed by atoms with Crippen LogP contribution in [-0.2, 0) is 6.54 Å². The minimum atomic E-state index is 0.111. The first-order valence-electron chi connectivity index (χ1n) is 5.91. The molecule has 0 radical (unpaired) electrons. The van der Waals surface area contributed by atoms with Gasteiger partial charge in [-0.15, -0.1) is 11.3 Å². The van der Waals surface area contributed by atoms with Crippen molar-refractivity contribution < 1.29 is 0 Å². The van der Waals surface area contributed by atoms with Crippen LogP contribution in [-0.4, -0.2) is 16.8 Å². The summed E-state index contributed by atoms with van der Waals surface area (Å²) in [5, 5.41) is 7.82. The normalized spacial score (nSPS) is 12.9. The smallest absolute Gasteiger partial charge is 0.0777 e. The molecule has 0 amide bonds. The molecule has 1 N–H and O–H groups in total. The fraction of sp³-hybridized carbons (Fsp3) is 0.417. The minimum absolute atomic E-state index is 0.111. The van der Waals surface area contributed by atoms with Gasteiger partial charge < -0.3 is 5.32 Å². The van der Waals surface area contributed by atoms with Gasteiger partial charge in [0.15, 0.2) is 0 Å². The summed E-state index contributed by atoms with van der Waals surface area (Å²) in [5.41, 5.74) is 2.38. The van der Waals surface area contributed by atoms with Gasteiger partial charge in [0.1, 0.15) is 0 Å². The van der Waals surface area contributed by atoms with Crippen molar-refractivity contribution in [3.63, 3.8) is 0 Å². The van der Waals surface area contributed by atoms with Crippen molar-refractivity contribution in [2.45, 2.75) is 25.9 Å². The molecule has 0 aliphatic carbocycles. The van der Waals surface area contributed by atoms with Crippen LogP contribution in [0.15, 0.2) is 24.3 Å². The number of hydrogen-bond donors (Lipinski definition) is 1. The molecule has 2 rings (SSSR count). The zero-order valence-electron chi connectivity index (χ0n) is 10.6. The Morgan fingerprint density at radius 1 is 1.42 bits per heavy atom. The Bertz CT molecular complexity index is 565. The Morgan fingerprint density at radius 2 is 2.16 bits per heavy atom. The van der Waals surface area contributed by atoms with Gasteiger partial charge in [-0.3, -0.25) is 4.68 Å². The quantitative estimate of drug-likeness (QED) is 0.668. The van der Waals surface area contributed by atoms with Crippen LogP contribution in [0.5, 0.6) is 0 Å². The molecule has 2 heterocycles. The van der Waals surface area contributed by atoms with Gasteiger partial charge in [-0.2, -0.15) is 5.10 Å². The summed E-state index contributed by atoms with van der Waals surface area (Å²) in [5.74, 6) is 0. The van der Waals surface area contributed by atoms with Crippen molar-refractivity contribution in [3.05, 3.63) is 35.6 Å². The van der Waals surface area contributed by atoms with Crippen LogP contribution in [0.2, 0.25) is 0 Å². The molecular weight excluding hydrogens is 458 g/mol. The van der Waals surface area contributed by atoms with Crippen LogP contribution in [0.1, 0.15) is 30.6 Å². The molecule has 3 nitrogen and oxygen atoms in total. The molecule has 1 atom stereocenters. The first-order chi connectivity index (χ1) is 9.08. The first kappa shape index (κ1) is 15.7. The highest BCUT2D eigenvalue weighted by Gasteiger charge is 2.23. The van der Waals surface area contributed by atoms with Crippen LogP contribution >= 0.6 is 59.1 Å². The number of nitrogens with zero attached hydrogens (tertiary/aromatic N) is 2. The molecule has 1 unspecified atom stereocenters. The molecule has 104 valence electrons. The highest BCUT2D eigenvalue weighted by atomic mass is 79.9. The number of halogens is 3. The fourth-order valence-electron chi connectivity index (χ4n) is 2.04. The lowest BCUT2D eigenvalue weighted by atomic mass is 10.1. The zero-order valence-corrected chi connectivity index (χ0v) is 16.2. The lowest BCUT2D eigenvalue weighted by molar-refractivity contribution is 0.533. The summed E-state index contributed by atoms with van der Waals surface area (Å²) in [6.45, 7) is 3.08. The van der Waals surface area contributed by atoms with Gasteiger partial charge >= 0.3 is 0 Å². The average Bonchev–Trinajstić information content (AvgIpc) is 2.87. The number of nitrogens with one attached hydrogen (secondary N) is 1. The Balaban J connectivity index is 2.47. The van der Waals surface area contributed by atoms with Crippen molar-refractivity contribution in [2.24, 2.45) is 0 Å². The molecule has 0 spiro atoms. The van der Waals surface area contributed by atoms with Gasteiger partial charge in [-0.25, -0.2) is 0 Å². The van der Waals surface area contributed by atoms with Gasteiger partial charge in [0, 0.05) is 12.1 Å². The second-order valence-electron chi connectivity index (χ2n) is 4.10. The second kappa shape index (κ2) is 6.85. The summed E-state index contributed by atoms with van der Waals surface area (Å²) in [4.78, 5) is 0. The van der Waals surface area contributed by atoms with E-state index in [-0.39, 0.29) is 6.04 Å². The van der Waals surface area contributed by atoms with Crippen LogP contribution in [0, 0.1) is 0 Å². The van der Waals surface area contributed by atoms with Gasteiger partial charge in [0.05, 0.1) is 30.0 Å². The fourth-order valence-corrected chi connectivity index (χ4v) is 5.47. The Labute approximate surface area is 142 Å². The Kier molecular flexibility index (Phi) is 5.65. The highest BCUT2D eigenvalue weighted by molar-refractivity contribution is 9.12. The topological polar surface area (TPSA) is 29.9 Å². The van der Waals surface area contributed by atoms with Crippen LogP contribution in [0.25, 0.3) is 0 Å². The number of hydrogen-bond acceptors (Lipinski definition) is 3. The molecule has 7 heteroatoms. The first-order valence-corrected chi connectivity index (χ1v) is 9.11. The molecule has 0 bridgehead atoms. The van der Waals surface area contributed by atoms with Crippen molar-refractivity contribution in [1.82, 2.24) is 15.1 Å². The number of thiophene rings is 1. The van der Waals surface area contributed by atoms with Gasteiger partial charge in [0.25, 0.3) is 0 Å². The van der Waals surface area contributed by atoms with E-state index in [0.717, 1.165) is 30.7 Å². The number of aromatic nitrogens is 2. The zero-order chi connectivity index (χ0) is 14.0. The number of rotatable bonds is 5. The van der Waals surface area contributed by atoms with Crippen molar-refractivity contribution >= 4 is 59.1 Å². The monoisotopic (exact) mass is 469 g/mol. The predicted molar refractivity (Wildman–Crippen MR) is 90.8 cm³/mol.